The van der Waals surface area contributed by atoms with Crippen LogP contribution in [0, 0.1) is 11.8 Å². The van der Waals surface area contributed by atoms with Crippen LogP contribution in [-0.4, -0.2) is 30.0 Å². The predicted molar refractivity (Wildman–Crippen MR) is 71.9 cm³/mol. The zero-order chi connectivity index (χ0) is 13.4. The summed E-state index contributed by atoms with van der Waals surface area (Å²) in [6, 6.07) is 0. The predicted octanol–water partition coefficient (Wildman–Crippen LogP) is 1.37. The Balaban J connectivity index is 2.73. The molecular formula is C12H16ClN3O2. The molecule has 0 atom stereocenters. The topological polar surface area (TPSA) is 56.1 Å². The number of nitrogens with one attached hydrogen (secondary N) is 1. The highest BCUT2D eigenvalue weighted by Gasteiger charge is 2.08. The molecule has 0 aromatic carbocycles. The number of aromatic nitrogens is 2. The Morgan fingerprint density at radius 3 is 3.06 bits per heavy atom. The minimum absolute atomic E-state index is 0.144. The first kappa shape index (κ1) is 14.6. The van der Waals surface area contributed by atoms with Gasteiger partial charge in [0.1, 0.15) is 5.02 Å². The first-order valence-electron chi connectivity index (χ1n) is 5.58. The molecule has 1 heterocycles. The fourth-order valence-electron chi connectivity index (χ4n) is 1.31. The van der Waals surface area contributed by atoms with Crippen LogP contribution >= 0.6 is 11.6 Å². The zero-order valence-electron chi connectivity index (χ0n) is 10.5. The summed E-state index contributed by atoms with van der Waals surface area (Å²) in [5.41, 5.74) is 0.216. The van der Waals surface area contributed by atoms with E-state index in [1.54, 1.807) is 20.2 Å². The largest absolute Gasteiger partial charge is 0.383 e. The first-order valence-corrected chi connectivity index (χ1v) is 5.96. The van der Waals surface area contributed by atoms with Crippen molar-refractivity contribution in [1.29, 1.82) is 0 Å². The Hall–Kier alpha value is -1.51. The highest BCUT2D eigenvalue weighted by molar-refractivity contribution is 6.32. The summed E-state index contributed by atoms with van der Waals surface area (Å²) in [7, 11) is 1.57. The number of rotatable bonds is 6. The Bertz CT molecular complexity index is 502. The molecule has 1 aromatic heterocycles. The van der Waals surface area contributed by atoms with Crippen LogP contribution in [0.2, 0.25) is 5.02 Å². The van der Waals surface area contributed by atoms with E-state index >= 15 is 0 Å². The molecule has 0 unspecified atom stereocenters. The second-order valence-electron chi connectivity index (χ2n) is 3.50. The normalized spacial score (nSPS) is 9.72. The summed E-state index contributed by atoms with van der Waals surface area (Å²) in [4.78, 5) is 11.8. The molecule has 0 bridgehead atoms. The van der Waals surface area contributed by atoms with E-state index in [1.165, 1.54) is 4.68 Å². The molecule has 0 aliphatic carbocycles. The molecule has 0 spiro atoms. The van der Waals surface area contributed by atoms with Crippen molar-refractivity contribution in [2.75, 3.05) is 25.6 Å². The van der Waals surface area contributed by atoms with E-state index in [9.17, 15) is 4.79 Å². The summed E-state index contributed by atoms with van der Waals surface area (Å²) < 4.78 is 6.17. The Kier molecular flexibility index (Phi) is 6.26. The standard InChI is InChI=1S/C12H16ClN3O2/c1-3-4-5-6-14-10-9-15-16(7-8-18-2)12(17)11(10)13/h9,14H,5-8H2,1-2H3. The highest BCUT2D eigenvalue weighted by Crippen LogP contribution is 2.14. The number of halogens is 1. The molecule has 0 fully saturated rings. The van der Waals surface area contributed by atoms with Gasteiger partial charge in [-0.1, -0.05) is 11.6 Å². The maximum absolute atomic E-state index is 11.8. The molecule has 1 aromatic rings. The molecule has 0 radical (unpaired) electrons. The van der Waals surface area contributed by atoms with Crippen LogP contribution in [0.15, 0.2) is 11.0 Å². The minimum atomic E-state index is -0.319. The zero-order valence-corrected chi connectivity index (χ0v) is 11.3. The molecule has 6 heteroatoms. The van der Waals surface area contributed by atoms with E-state index in [0.717, 1.165) is 0 Å². The minimum Gasteiger partial charge on any atom is -0.383 e. The van der Waals surface area contributed by atoms with Gasteiger partial charge in [0.15, 0.2) is 0 Å². The van der Waals surface area contributed by atoms with E-state index in [-0.39, 0.29) is 10.6 Å². The third-order valence-corrected chi connectivity index (χ3v) is 2.60. The first-order chi connectivity index (χ1) is 8.70. The van der Waals surface area contributed by atoms with Gasteiger partial charge in [0.05, 0.1) is 25.0 Å². The van der Waals surface area contributed by atoms with Crippen LogP contribution in [0.3, 0.4) is 0 Å². The van der Waals surface area contributed by atoms with Crippen LogP contribution in [0.4, 0.5) is 5.69 Å². The SMILES string of the molecule is CC#CCCNc1cnn(CCOC)c(=O)c1Cl. The average molecular weight is 270 g/mol. The van der Waals surface area contributed by atoms with E-state index in [4.69, 9.17) is 16.3 Å². The van der Waals surface area contributed by atoms with Crippen LogP contribution in [0.5, 0.6) is 0 Å². The van der Waals surface area contributed by atoms with Gasteiger partial charge >= 0.3 is 0 Å². The Morgan fingerprint density at radius 1 is 1.61 bits per heavy atom. The molecule has 0 aliphatic rings. The molecule has 1 N–H and O–H groups in total. The number of ether oxygens (including phenoxy) is 1. The molecule has 5 nitrogen and oxygen atoms in total. The van der Waals surface area contributed by atoms with Crippen molar-refractivity contribution < 1.29 is 4.74 Å². The van der Waals surface area contributed by atoms with E-state index in [0.29, 0.717) is 31.8 Å². The molecule has 18 heavy (non-hydrogen) atoms. The third-order valence-electron chi connectivity index (χ3n) is 2.23. The van der Waals surface area contributed by atoms with Gasteiger partial charge in [0, 0.05) is 20.1 Å². The highest BCUT2D eigenvalue weighted by atomic mass is 35.5. The fourth-order valence-corrected chi connectivity index (χ4v) is 1.52. The van der Waals surface area contributed by atoms with Gasteiger partial charge in [-0.3, -0.25) is 4.79 Å². The lowest BCUT2D eigenvalue weighted by atomic mass is 10.4. The average Bonchev–Trinajstić information content (AvgIpc) is 2.38. The van der Waals surface area contributed by atoms with Crippen molar-refractivity contribution in [3.05, 3.63) is 21.6 Å². The fraction of sp³-hybridized carbons (Fsp3) is 0.500. The summed E-state index contributed by atoms with van der Waals surface area (Å²) in [6.07, 6.45) is 2.23. The van der Waals surface area contributed by atoms with Crippen LogP contribution in [0.1, 0.15) is 13.3 Å². The number of hydrogen-bond acceptors (Lipinski definition) is 4. The Morgan fingerprint density at radius 2 is 2.39 bits per heavy atom. The van der Waals surface area contributed by atoms with Gasteiger partial charge < -0.3 is 10.1 Å². The van der Waals surface area contributed by atoms with Crippen molar-refractivity contribution in [1.82, 2.24) is 9.78 Å². The second kappa shape index (κ2) is 7.75. The smallest absolute Gasteiger partial charge is 0.287 e. The quantitative estimate of drug-likeness (QED) is 0.626. The van der Waals surface area contributed by atoms with Crippen LogP contribution in [0.25, 0.3) is 0 Å². The summed E-state index contributed by atoms with van der Waals surface area (Å²) in [5, 5.41) is 7.19. The lowest BCUT2D eigenvalue weighted by Gasteiger charge is -2.08. The van der Waals surface area contributed by atoms with E-state index < -0.39 is 0 Å². The number of nitrogens with zero attached hydrogens (tertiary/aromatic N) is 2. The van der Waals surface area contributed by atoms with Gasteiger partial charge in [-0.25, -0.2) is 4.68 Å². The maximum atomic E-state index is 11.8. The summed E-state index contributed by atoms with van der Waals surface area (Å²) in [5.74, 6) is 5.71. The summed E-state index contributed by atoms with van der Waals surface area (Å²) >= 11 is 5.98. The molecule has 98 valence electrons. The molecule has 1 rings (SSSR count). The molecule has 0 saturated carbocycles. The van der Waals surface area contributed by atoms with Crippen molar-refractivity contribution in [3.63, 3.8) is 0 Å². The van der Waals surface area contributed by atoms with Crippen molar-refractivity contribution in [3.8, 4) is 11.8 Å². The number of anilines is 1. The number of methoxy groups -OCH3 is 1. The molecule has 0 amide bonds. The maximum Gasteiger partial charge on any atom is 0.287 e. The van der Waals surface area contributed by atoms with Gasteiger partial charge in [0.25, 0.3) is 5.56 Å². The molecular weight excluding hydrogens is 254 g/mol. The Labute approximate surface area is 111 Å². The van der Waals surface area contributed by atoms with Crippen LogP contribution in [-0.2, 0) is 11.3 Å². The van der Waals surface area contributed by atoms with Crippen molar-refractivity contribution >= 4 is 17.3 Å². The van der Waals surface area contributed by atoms with E-state index in [2.05, 4.69) is 22.3 Å². The molecule has 0 saturated heterocycles. The van der Waals surface area contributed by atoms with E-state index in [1.807, 2.05) is 0 Å². The van der Waals surface area contributed by atoms with Crippen LogP contribution < -0.4 is 10.9 Å². The van der Waals surface area contributed by atoms with Gasteiger partial charge in [-0.15, -0.1) is 11.8 Å². The van der Waals surface area contributed by atoms with Crippen molar-refractivity contribution in [2.24, 2.45) is 0 Å². The van der Waals surface area contributed by atoms with Crippen molar-refractivity contribution in [2.45, 2.75) is 19.9 Å². The lowest BCUT2D eigenvalue weighted by molar-refractivity contribution is 0.182. The molecule has 0 aliphatic heterocycles. The third kappa shape index (κ3) is 4.06. The second-order valence-corrected chi connectivity index (χ2v) is 3.87. The number of hydrogen-bond donors (Lipinski definition) is 1. The van der Waals surface area contributed by atoms with Gasteiger partial charge in [-0.2, -0.15) is 5.10 Å². The van der Waals surface area contributed by atoms with Gasteiger partial charge in [0.2, 0.25) is 0 Å². The lowest BCUT2D eigenvalue weighted by Crippen LogP contribution is -2.26. The summed E-state index contributed by atoms with van der Waals surface area (Å²) in [6.45, 7) is 3.22. The van der Waals surface area contributed by atoms with Gasteiger partial charge in [-0.05, 0) is 6.92 Å². The monoisotopic (exact) mass is 269 g/mol.